The highest BCUT2D eigenvalue weighted by Gasteiger charge is 2.20. The van der Waals surface area contributed by atoms with Crippen molar-refractivity contribution in [3.63, 3.8) is 0 Å². The Morgan fingerprint density at radius 1 is 1.07 bits per heavy atom. The summed E-state index contributed by atoms with van der Waals surface area (Å²) in [6, 6.07) is 13.0. The monoisotopic (exact) mass is 383 g/mol. The number of fused-ring (bicyclic) bond motifs is 1. The highest BCUT2D eigenvalue weighted by atomic mass is 32.2. The first kappa shape index (κ1) is 19.4. The molecule has 0 saturated carbocycles. The van der Waals surface area contributed by atoms with Crippen molar-refractivity contribution in [1.82, 2.24) is 0 Å². The predicted octanol–water partition coefficient (Wildman–Crippen LogP) is 4.81. The maximum Gasteiger partial charge on any atom is 0.236 e. The fourth-order valence-electron chi connectivity index (χ4n) is 3.48. The average molecular weight is 384 g/mol. The van der Waals surface area contributed by atoms with E-state index < -0.39 is 10.0 Å². The van der Waals surface area contributed by atoms with Crippen molar-refractivity contribution in [2.45, 2.75) is 44.8 Å². The van der Waals surface area contributed by atoms with Crippen LogP contribution >= 0.6 is 0 Å². The van der Waals surface area contributed by atoms with Crippen molar-refractivity contribution in [2.24, 2.45) is 0 Å². The number of aryl methyl sites for hydroxylation is 1. The Labute approximate surface area is 161 Å². The molecule has 142 valence electrons. The highest BCUT2D eigenvalue weighted by molar-refractivity contribution is 7.91. The van der Waals surface area contributed by atoms with Gasteiger partial charge in [0, 0.05) is 12.1 Å². The average Bonchev–Trinajstić information content (AvgIpc) is 2.76. The van der Waals surface area contributed by atoms with Gasteiger partial charge in [-0.25, -0.2) is 8.42 Å². The van der Waals surface area contributed by atoms with Crippen LogP contribution in [-0.2, 0) is 20.6 Å². The van der Waals surface area contributed by atoms with E-state index in [-0.39, 0.29) is 17.5 Å². The normalized spacial score (nSPS) is 16.7. The molecule has 1 atom stereocenters. The molecule has 0 radical (unpaired) electrons. The van der Waals surface area contributed by atoms with Gasteiger partial charge in [-0.2, -0.15) is 0 Å². The van der Waals surface area contributed by atoms with Crippen LogP contribution in [0.4, 0.5) is 5.69 Å². The molecular formula is C22H25NO3S. The van der Waals surface area contributed by atoms with Gasteiger partial charge < -0.3 is 0 Å². The van der Waals surface area contributed by atoms with Gasteiger partial charge in [0.1, 0.15) is 0 Å². The summed E-state index contributed by atoms with van der Waals surface area (Å²) in [5.41, 5.74) is 4.39. The molecule has 0 bridgehead atoms. The lowest BCUT2D eigenvalue weighted by atomic mass is 9.88. The number of carbonyl (C=O) groups is 1. The molecule has 1 unspecified atom stereocenters. The number of rotatable bonds is 6. The summed E-state index contributed by atoms with van der Waals surface area (Å²) in [6.45, 7) is 4.08. The molecular weight excluding hydrogens is 358 g/mol. The van der Waals surface area contributed by atoms with E-state index in [4.69, 9.17) is 0 Å². The van der Waals surface area contributed by atoms with Crippen LogP contribution in [0.2, 0.25) is 0 Å². The largest absolute Gasteiger partial charge is 0.295 e. The zero-order chi connectivity index (χ0) is 19.4. The third-order valence-electron chi connectivity index (χ3n) is 4.81. The van der Waals surface area contributed by atoms with E-state index in [0.717, 1.165) is 35.1 Å². The minimum atomic E-state index is -3.51. The lowest BCUT2D eigenvalue weighted by Gasteiger charge is -2.17. The molecule has 5 heteroatoms. The molecule has 0 saturated heterocycles. The van der Waals surface area contributed by atoms with Crippen LogP contribution in [0.5, 0.6) is 0 Å². The van der Waals surface area contributed by atoms with Gasteiger partial charge in [0.05, 0.1) is 5.75 Å². The summed E-state index contributed by atoms with van der Waals surface area (Å²) < 4.78 is 27.7. The van der Waals surface area contributed by atoms with Crippen LogP contribution in [0.25, 0.3) is 6.08 Å². The van der Waals surface area contributed by atoms with E-state index in [1.54, 1.807) is 18.2 Å². The van der Waals surface area contributed by atoms with Crippen molar-refractivity contribution in [1.29, 1.82) is 0 Å². The smallest absolute Gasteiger partial charge is 0.236 e. The van der Waals surface area contributed by atoms with Crippen LogP contribution in [0.15, 0.2) is 48.5 Å². The van der Waals surface area contributed by atoms with E-state index >= 15 is 0 Å². The topological polar surface area (TPSA) is 63.2 Å². The standard InChI is InChI=1S/C22H25NO3S/c1-3-4-18-14-21(24)11-9-19-13-20(10-12-22(18)19)23-27(25,26)15-17-7-5-16(2)6-8-17/h5-13,18,23H,3-4,14-15H2,1-2H3. The molecule has 1 N–H and O–H groups in total. The maximum absolute atomic E-state index is 12.5. The quantitative estimate of drug-likeness (QED) is 0.779. The molecule has 0 heterocycles. The third-order valence-corrected chi connectivity index (χ3v) is 6.07. The van der Waals surface area contributed by atoms with E-state index in [1.807, 2.05) is 43.3 Å². The predicted molar refractivity (Wildman–Crippen MR) is 110 cm³/mol. The lowest BCUT2D eigenvalue weighted by Crippen LogP contribution is -2.15. The Balaban J connectivity index is 1.82. The molecule has 0 fully saturated rings. The Bertz CT molecular complexity index is 960. The van der Waals surface area contributed by atoms with E-state index in [1.165, 1.54) is 0 Å². The van der Waals surface area contributed by atoms with Crippen LogP contribution < -0.4 is 4.72 Å². The number of benzene rings is 2. The first-order valence-electron chi connectivity index (χ1n) is 9.27. The number of ketones is 1. The number of allylic oxidation sites excluding steroid dienone is 1. The summed E-state index contributed by atoms with van der Waals surface area (Å²) >= 11 is 0. The van der Waals surface area contributed by atoms with E-state index in [2.05, 4.69) is 11.6 Å². The van der Waals surface area contributed by atoms with Gasteiger partial charge >= 0.3 is 0 Å². The highest BCUT2D eigenvalue weighted by Crippen LogP contribution is 2.33. The Kier molecular flexibility index (Phi) is 5.80. The van der Waals surface area contributed by atoms with Crippen molar-refractivity contribution in [3.8, 4) is 0 Å². The molecule has 1 aliphatic carbocycles. The molecule has 27 heavy (non-hydrogen) atoms. The Hall–Kier alpha value is -2.40. The minimum Gasteiger partial charge on any atom is -0.295 e. The van der Waals surface area contributed by atoms with Gasteiger partial charge in [-0.15, -0.1) is 0 Å². The van der Waals surface area contributed by atoms with Gasteiger partial charge in [0.2, 0.25) is 10.0 Å². The van der Waals surface area contributed by atoms with E-state index in [9.17, 15) is 13.2 Å². The summed E-state index contributed by atoms with van der Waals surface area (Å²) in [5, 5.41) is 0. The first-order chi connectivity index (χ1) is 12.9. The first-order valence-corrected chi connectivity index (χ1v) is 10.9. The van der Waals surface area contributed by atoms with Gasteiger partial charge in [-0.1, -0.05) is 55.3 Å². The molecule has 1 aliphatic rings. The number of anilines is 1. The number of hydrogen-bond donors (Lipinski definition) is 1. The Morgan fingerprint density at radius 2 is 1.81 bits per heavy atom. The molecule has 0 spiro atoms. The fourth-order valence-corrected chi connectivity index (χ4v) is 4.67. The summed E-state index contributed by atoms with van der Waals surface area (Å²) in [4.78, 5) is 12.0. The second-order valence-corrected chi connectivity index (χ2v) is 8.90. The molecule has 3 rings (SSSR count). The van der Waals surface area contributed by atoms with Gasteiger partial charge in [0.25, 0.3) is 0 Å². The van der Waals surface area contributed by atoms with Crippen molar-refractivity contribution < 1.29 is 13.2 Å². The zero-order valence-electron chi connectivity index (χ0n) is 15.7. The van der Waals surface area contributed by atoms with Gasteiger partial charge in [-0.3, -0.25) is 9.52 Å². The molecule has 4 nitrogen and oxygen atoms in total. The number of carbonyl (C=O) groups excluding carboxylic acids is 1. The molecule has 0 aliphatic heterocycles. The third kappa shape index (κ3) is 5.07. The van der Waals surface area contributed by atoms with Gasteiger partial charge in [-0.05, 0) is 54.2 Å². The molecule has 0 aromatic heterocycles. The van der Waals surface area contributed by atoms with Crippen LogP contribution in [-0.4, -0.2) is 14.2 Å². The molecule has 2 aromatic carbocycles. The number of nitrogens with one attached hydrogen (secondary N) is 1. The van der Waals surface area contributed by atoms with Crippen LogP contribution in [0, 0.1) is 6.92 Å². The van der Waals surface area contributed by atoms with E-state index in [0.29, 0.717) is 12.1 Å². The van der Waals surface area contributed by atoms with Crippen molar-refractivity contribution in [2.75, 3.05) is 4.72 Å². The minimum absolute atomic E-state index is 0.0723. The Morgan fingerprint density at radius 3 is 2.52 bits per heavy atom. The van der Waals surface area contributed by atoms with Crippen molar-refractivity contribution in [3.05, 3.63) is 70.8 Å². The zero-order valence-corrected chi connectivity index (χ0v) is 16.6. The second-order valence-electron chi connectivity index (χ2n) is 7.18. The SMILES string of the molecule is CCCC1CC(=O)C=Cc2cc(NS(=O)(=O)Cc3ccc(C)cc3)ccc21. The number of hydrogen-bond acceptors (Lipinski definition) is 3. The number of sulfonamides is 1. The van der Waals surface area contributed by atoms with Crippen molar-refractivity contribution >= 4 is 27.6 Å². The van der Waals surface area contributed by atoms with Crippen LogP contribution in [0.1, 0.15) is 54.4 Å². The summed E-state index contributed by atoms with van der Waals surface area (Å²) in [7, 11) is -3.51. The van der Waals surface area contributed by atoms with Crippen LogP contribution in [0.3, 0.4) is 0 Å². The summed E-state index contributed by atoms with van der Waals surface area (Å²) in [6.07, 6.45) is 5.85. The second kappa shape index (κ2) is 8.09. The molecule has 2 aromatic rings. The fraction of sp³-hybridized carbons (Fsp3) is 0.318. The summed E-state index contributed by atoms with van der Waals surface area (Å²) in [5.74, 6) is 0.230. The maximum atomic E-state index is 12.5. The van der Waals surface area contributed by atoms with Gasteiger partial charge in [0.15, 0.2) is 5.78 Å². The lowest BCUT2D eigenvalue weighted by molar-refractivity contribution is -0.114. The molecule has 0 amide bonds.